The fraction of sp³-hybridized carbons (Fsp3) is 0.212. The van der Waals surface area contributed by atoms with E-state index in [1.807, 2.05) is 42.5 Å². The summed E-state index contributed by atoms with van der Waals surface area (Å²) >= 11 is 0. The summed E-state index contributed by atoms with van der Waals surface area (Å²) in [4.78, 5) is 33.7. The van der Waals surface area contributed by atoms with Crippen molar-refractivity contribution in [3.63, 3.8) is 0 Å². The number of hydrogen-bond donors (Lipinski definition) is 1. The lowest BCUT2D eigenvalue weighted by atomic mass is 10.1. The van der Waals surface area contributed by atoms with Gasteiger partial charge in [-0.3, -0.25) is 14.5 Å². The molecule has 1 N–H and O–H groups in total. The highest BCUT2D eigenvalue weighted by Crippen LogP contribution is 2.34. The molecule has 1 heterocycles. The number of rotatable bonds is 13. The van der Waals surface area contributed by atoms with Crippen LogP contribution in [0.15, 0.2) is 94.8 Å². The zero-order chi connectivity index (χ0) is 31.3. The van der Waals surface area contributed by atoms with Gasteiger partial charge in [-0.1, -0.05) is 59.3 Å². The zero-order valence-corrected chi connectivity index (χ0v) is 25.2. The minimum absolute atomic E-state index is 0.00669. The van der Waals surface area contributed by atoms with Crippen LogP contribution in [-0.2, 0) is 29.2 Å². The highest BCUT2D eigenvalue weighted by molar-refractivity contribution is 7.34. The molecule has 0 fully saturated rings. The van der Waals surface area contributed by atoms with Crippen LogP contribution in [0.2, 0.25) is 0 Å². The van der Waals surface area contributed by atoms with Gasteiger partial charge in [-0.25, -0.2) is 4.79 Å². The first kappa shape index (κ1) is 31.8. The van der Waals surface area contributed by atoms with Crippen LogP contribution in [0, 0.1) is 18.3 Å². The topological polar surface area (TPSA) is 149 Å². The number of esters is 1. The van der Waals surface area contributed by atoms with Crippen LogP contribution in [0.5, 0.6) is 17.2 Å². The van der Waals surface area contributed by atoms with E-state index in [4.69, 9.17) is 19.3 Å². The molecule has 0 saturated heterocycles. The van der Waals surface area contributed by atoms with Crippen molar-refractivity contribution in [3.05, 3.63) is 119 Å². The summed E-state index contributed by atoms with van der Waals surface area (Å²) in [5, 5.41) is 19.7. The largest absolute Gasteiger partial charge is 0.575 e. The lowest BCUT2D eigenvalue weighted by Crippen LogP contribution is -2.18. The van der Waals surface area contributed by atoms with E-state index < -0.39 is 20.2 Å². The van der Waals surface area contributed by atoms with Gasteiger partial charge in [-0.2, -0.15) is 5.26 Å². The van der Waals surface area contributed by atoms with E-state index in [0.29, 0.717) is 35.3 Å². The monoisotopic (exact) mass is 610 g/mol. The first-order valence-corrected chi connectivity index (χ1v) is 14.9. The number of aryl methyl sites for hydroxylation is 1. The van der Waals surface area contributed by atoms with Crippen molar-refractivity contribution < 1.29 is 28.8 Å². The Kier molecular flexibility index (Phi) is 11.5. The molecule has 4 aromatic rings. The van der Waals surface area contributed by atoms with E-state index >= 15 is 0 Å². The Hall–Kier alpha value is -5.10. The number of aromatic hydroxyl groups is 1. The van der Waals surface area contributed by atoms with Gasteiger partial charge in [0.25, 0.3) is 0 Å². The van der Waals surface area contributed by atoms with Gasteiger partial charge in [0, 0.05) is 30.1 Å². The first-order valence-electron chi connectivity index (χ1n) is 13.8. The summed E-state index contributed by atoms with van der Waals surface area (Å²) in [5.74, 6) is -0.172. The van der Waals surface area contributed by atoms with Crippen LogP contribution in [0.4, 0.5) is 0 Å². The maximum atomic E-state index is 12.7. The Bertz CT molecular complexity index is 1670. The molecule has 11 heteroatoms. The number of aliphatic imine (C=N–C) groups is 1. The molecule has 44 heavy (non-hydrogen) atoms. The predicted octanol–water partition coefficient (Wildman–Crippen LogP) is 5.57. The molecule has 0 aliphatic carbocycles. The zero-order valence-electron chi connectivity index (χ0n) is 24.3. The fourth-order valence-electron chi connectivity index (χ4n) is 3.95. The van der Waals surface area contributed by atoms with Crippen molar-refractivity contribution in [2.24, 2.45) is 9.74 Å². The molecule has 224 valence electrons. The van der Waals surface area contributed by atoms with E-state index in [-0.39, 0.29) is 30.5 Å². The molecular formula is C33H31N4O6P. The van der Waals surface area contributed by atoms with Gasteiger partial charge in [0.05, 0.1) is 17.3 Å². The Morgan fingerprint density at radius 2 is 1.75 bits per heavy atom. The summed E-state index contributed by atoms with van der Waals surface area (Å²) < 4.78 is 20.7. The van der Waals surface area contributed by atoms with Crippen molar-refractivity contribution in [2.75, 3.05) is 6.54 Å². The van der Waals surface area contributed by atoms with Crippen LogP contribution in [0.25, 0.3) is 0 Å². The van der Waals surface area contributed by atoms with Crippen LogP contribution >= 0.6 is 8.17 Å². The molecule has 3 aromatic carbocycles. The number of carbonyl (C=O) groups is 1. The third-order valence-corrected chi connectivity index (χ3v) is 7.32. The number of carbonyl (C=O) groups excluding carboxylic acids is 1. The van der Waals surface area contributed by atoms with Gasteiger partial charge >= 0.3 is 14.1 Å². The first-order chi connectivity index (χ1) is 21.3. The molecule has 0 aliphatic heterocycles. The van der Waals surface area contributed by atoms with E-state index in [9.17, 15) is 14.8 Å². The number of hydrogen-bond acceptors (Lipinski definition) is 10. The number of para-hydroxylation sites is 2. The number of nitrogens with zero attached hydrogens (tertiary/aromatic N) is 4. The highest BCUT2D eigenvalue weighted by Gasteiger charge is 2.20. The molecule has 10 nitrogen and oxygen atoms in total. The molecule has 1 aromatic heterocycles. The van der Waals surface area contributed by atoms with Gasteiger partial charge in [0.15, 0.2) is 11.8 Å². The lowest BCUT2D eigenvalue weighted by Gasteiger charge is -2.12. The van der Waals surface area contributed by atoms with Crippen molar-refractivity contribution in [2.45, 2.75) is 39.5 Å². The maximum absolute atomic E-state index is 12.7. The average Bonchev–Trinajstić information content (AvgIpc) is 3.04. The third-order valence-electron chi connectivity index (χ3n) is 6.43. The Morgan fingerprint density at radius 3 is 2.48 bits per heavy atom. The summed E-state index contributed by atoms with van der Waals surface area (Å²) in [7, 11) is -2.62. The van der Waals surface area contributed by atoms with Crippen LogP contribution < -0.4 is 14.2 Å². The van der Waals surface area contributed by atoms with Gasteiger partial charge < -0.3 is 19.5 Å². The normalized spacial score (nSPS) is 12.0. The van der Waals surface area contributed by atoms with Gasteiger partial charge in [0.1, 0.15) is 19.0 Å². The maximum Gasteiger partial charge on any atom is 0.395 e. The van der Waals surface area contributed by atoms with E-state index in [1.165, 1.54) is 6.92 Å². The average molecular weight is 611 g/mol. The molecular weight excluding hydrogens is 579 g/mol. The SMILES string of the molecule is Cc1ncc(COc2ccccc2O[P+]([O-])=N[C@@H](C)C(=O)OCc2ccccc2)c(/C=N/CCc2ccc(C#N)cc2)c1O. The molecule has 0 bridgehead atoms. The third kappa shape index (κ3) is 9.20. The summed E-state index contributed by atoms with van der Waals surface area (Å²) in [6, 6.07) is 24.2. The summed E-state index contributed by atoms with van der Waals surface area (Å²) in [6.45, 7) is 3.74. The highest BCUT2D eigenvalue weighted by atomic mass is 31.1. The molecule has 0 radical (unpaired) electrons. The number of ether oxygens (including phenoxy) is 2. The predicted molar refractivity (Wildman–Crippen MR) is 164 cm³/mol. The number of aromatic nitrogens is 1. The van der Waals surface area contributed by atoms with E-state index in [1.54, 1.807) is 55.7 Å². The van der Waals surface area contributed by atoms with Crippen molar-refractivity contribution >= 4 is 20.4 Å². The van der Waals surface area contributed by atoms with Gasteiger partial charge in [-0.15, -0.1) is 0 Å². The molecule has 2 atom stereocenters. The molecule has 1 unspecified atom stereocenters. The van der Waals surface area contributed by atoms with Gasteiger partial charge in [0.2, 0.25) is 5.75 Å². The Labute approximate surface area is 256 Å². The second-order valence-corrected chi connectivity index (χ2v) is 10.6. The fourth-order valence-corrected chi connectivity index (χ4v) is 4.70. The Balaban J connectivity index is 1.38. The van der Waals surface area contributed by atoms with Crippen molar-refractivity contribution in [1.29, 1.82) is 5.26 Å². The minimum atomic E-state index is -2.62. The standard InChI is InChI=1S/C33H31N4O6P/c1-23-32(38)29(20-35-17-16-25-12-14-26(18-34)15-13-25)28(19-36-23)22-41-30-10-6-7-11-31(30)43-44(40)37-24(2)33(39)42-21-27-8-4-3-5-9-27/h3-15,19-20,24,38H,16-17,21-22H2,1-2H3/b35-20+/t24-/m0/s1. The second-order valence-electron chi connectivity index (χ2n) is 9.67. The molecule has 4 rings (SSSR count). The van der Waals surface area contributed by atoms with Gasteiger partial charge in [-0.05, 0) is 55.7 Å². The molecule has 0 saturated carbocycles. The lowest BCUT2D eigenvalue weighted by molar-refractivity contribution is -0.169. The quantitative estimate of drug-likeness (QED) is 0.117. The summed E-state index contributed by atoms with van der Waals surface area (Å²) in [5.41, 5.74) is 3.96. The van der Waals surface area contributed by atoms with E-state index in [2.05, 4.69) is 20.8 Å². The second kappa shape index (κ2) is 15.9. The molecule has 0 aliphatic rings. The van der Waals surface area contributed by atoms with Crippen LogP contribution in [0.3, 0.4) is 0 Å². The smallest absolute Gasteiger partial charge is 0.395 e. The molecule has 0 spiro atoms. The number of nitriles is 1. The van der Waals surface area contributed by atoms with Crippen LogP contribution in [0.1, 0.15) is 40.4 Å². The number of pyridine rings is 1. The summed E-state index contributed by atoms with van der Waals surface area (Å²) in [6.07, 6.45) is 3.85. The Morgan fingerprint density at radius 1 is 1.05 bits per heavy atom. The van der Waals surface area contributed by atoms with Crippen molar-refractivity contribution in [3.8, 4) is 23.3 Å². The molecule has 0 amide bonds. The van der Waals surface area contributed by atoms with E-state index in [0.717, 1.165) is 11.1 Å². The minimum Gasteiger partial charge on any atom is -0.575 e. The van der Waals surface area contributed by atoms with Crippen LogP contribution in [-0.4, -0.2) is 34.9 Å². The number of benzene rings is 3. The van der Waals surface area contributed by atoms with Crippen molar-refractivity contribution in [1.82, 2.24) is 4.98 Å².